The number of hydrogen-bond acceptors (Lipinski definition) is 7. The molecule has 0 radical (unpaired) electrons. The normalized spacial score (nSPS) is 28.4. The maximum Gasteiger partial charge on any atom is 0.264 e. The maximum absolute atomic E-state index is 13.4. The number of halogens is 1. The van der Waals surface area contributed by atoms with Crippen molar-refractivity contribution in [1.82, 2.24) is 4.72 Å². The van der Waals surface area contributed by atoms with E-state index in [1.807, 2.05) is 30.4 Å². The largest absolute Gasteiger partial charge is 0.487 e. The summed E-state index contributed by atoms with van der Waals surface area (Å²) in [5.41, 5.74) is 3.29. The molecule has 2 aromatic rings. The lowest BCUT2D eigenvalue weighted by Gasteiger charge is -2.43. The number of anilines is 1. The highest BCUT2D eigenvalue weighted by Crippen LogP contribution is 2.42. The van der Waals surface area contributed by atoms with E-state index in [4.69, 9.17) is 21.1 Å². The summed E-state index contributed by atoms with van der Waals surface area (Å²) in [4.78, 5) is 15.7. The average molecular weight is 626 g/mol. The van der Waals surface area contributed by atoms with Crippen molar-refractivity contribution in [3.8, 4) is 11.8 Å². The van der Waals surface area contributed by atoms with Gasteiger partial charge in [-0.25, -0.2) is 13.1 Å². The van der Waals surface area contributed by atoms with Crippen molar-refractivity contribution in [1.29, 1.82) is 5.26 Å². The van der Waals surface area contributed by atoms with Gasteiger partial charge in [-0.2, -0.15) is 5.26 Å². The quantitative estimate of drug-likeness (QED) is 0.405. The third-order valence-corrected chi connectivity index (χ3v) is 11.1. The lowest BCUT2D eigenvalue weighted by atomic mass is 9.70. The third kappa shape index (κ3) is 7.36. The topological polar surface area (TPSA) is 109 Å². The molecule has 0 saturated heterocycles. The monoisotopic (exact) mass is 625 g/mol. The highest BCUT2D eigenvalue weighted by Gasteiger charge is 2.38. The van der Waals surface area contributed by atoms with Crippen LogP contribution in [-0.4, -0.2) is 45.9 Å². The van der Waals surface area contributed by atoms with Gasteiger partial charge in [-0.15, -0.1) is 0 Å². The van der Waals surface area contributed by atoms with Gasteiger partial charge in [0, 0.05) is 37.2 Å². The minimum atomic E-state index is -4.00. The Bertz CT molecular complexity index is 1500. The zero-order chi connectivity index (χ0) is 30.6. The highest BCUT2D eigenvalue weighted by molar-refractivity contribution is 7.90. The fraction of sp³-hybridized carbons (Fsp3) is 0.515. The second-order valence-corrected chi connectivity index (χ2v) is 14.6. The number of hydrogen-bond donors (Lipinski definition) is 1. The molecule has 1 amide bonds. The van der Waals surface area contributed by atoms with Crippen molar-refractivity contribution in [2.24, 2.45) is 17.8 Å². The minimum absolute atomic E-state index is 0.135. The molecular weight excluding hydrogens is 586 g/mol. The molecule has 10 heteroatoms. The summed E-state index contributed by atoms with van der Waals surface area (Å²) < 4.78 is 41.1. The van der Waals surface area contributed by atoms with Gasteiger partial charge >= 0.3 is 0 Å². The molecule has 2 heterocycles. The summed E-state index contributed by atoms with van der Waals surface area (Å²) in [5, 5.41) is 9.24. The molecule has 3 aliphatic rings. The molecule has 8 nitrogen and oxygen atoms in total. The van der Waals surface area contributed by atoms with Gasteiger partial charge in [0.05, 0.1) is 23.1 Å². The Balaban J connectivity index is 1.54. The zero-order valence-electron chi connectivity index (χ0n) is 24.8. The number of fused-ring (bicyclic) bond motifs is 3. The van der Waals surface area contributed by atoms with Crippen LogP contribution in [0.2, 0.25) is 5.02 Å². The van der Waals surface area contributed by atoms with E-state index >= 15 is 0 Å². The average Bonchev–Trinajstić information content (AvgIpc) is 2.99. The van der Waals surface area contributed by atoms with Crippen LogP contribution in [0.25, 0.3) is 0 Å². The van der Waals surface area contributed by atoms with Crippen molar-refractivity contribution < 1.29 is 22.7 Å². The van der Waals surface area contributed by atoms with E-state index in [0.29, 0.717) is 29.2 Å². The molecule has 2 aromatic carbocycles. The molecule has 1 N–H and O–H groups in total. The van der Waals surface area contributed by atoms with Gasteiger partial charge in [-0.1, -0.05) is 29.8 Å². The van der Waals surface area contributed by atoms with Crippen LogP contribution in [0.15, 0.2) is 48.6 Å². The summed E-state index contributed by atoms with van der Waals surface area (Å²) >= 11 is 6.31. The second-order valence-electron chi connectivity index (χ2n) is 12.0. The number of nitrogens with one attached hydrogen (secondary N) is 1. The lowest BCUT2D eigenvalue weighted by Crippen LogP contribution is -2.44. The van der Waals surface area contributed by atoms with Gasteiger partial charge < -0.3 is 14.4 Å². The zero-order valence-corrected chi connectivity index (χ0v) is 26.4. The third-order valence-electron chi connectivity index (χ3n) is 9.19. The molecule has 1 saturated carbocycles. The first kappa shape index (κ1) is 31.4. The van der Waals surface area contributed by atoms with Crippen LogP contribution in [0.5, 0.6) is 5.75 Å². The molecule has 1 fully saturated rings. The summed E-state index contributed by atoms with van der Waals surface area (Å²) in [6.07, 6.45) is 9.07. The maximum atomic E-state index is 13.4. The van der Waals surface area contributed by atoms with Gasteiger partial charge in [-0.3, -0.25) is 4.79 Å². The summed E-state index contributed by atoms with van der Waals surface area (Å²) in [7, 11) is -2.29. The van der Waals surface area contributed by atoms with E-state index in [0.717, 1.165) is 56.4 Å². The number of nitriles is 1. The smallest absolute Gasteiger partial charge is 0.264 e. The Hall–Kier alpha value is -3.06. The van der Waals surface area contributed by atoms with Gasteiger partial charge in [-0.05, 0) is 105 Å². The van der Waals surface area contributed by atoms with Crippen molar-refractivity contribution in [2.45, 2.75) is 69.8 Å². The van der Waals surface area contributed by atoms with Crippen molar-refractivity contribution in [2.75, 3.05) is 25.1 Å². The van der Waals surface area contributed by atoms with E-state index < -0.39 is 21.2 Å². The Morgan fingerprint density at radius 3 is 2.72 bits per heavy atom. The number of methoxy groups -OCH3 is 1. The van der Waals surface area contributed by atoms with Crippen molar-refractivity contribution >= 4 is 33.2 Å². The van der Waals surface area contributed by atoms with Gasteiger partial charge in [0.1, 0.15) is 12.4 Å². The van der Waals surface area contributed by atoms with Gasteiger partial charge in [0.15, 0.2) is 0 Å². The fourth-order valence-corrected chi connectivity index (χ4v) is 7.74. The first-order valence-corrected chi connectivity index (χ1v) is 17.0. The van der Waals surface area contributed by atoms with Crippen LogP contribution in [0.4, 0.5) is 5.69 Å². The minimum Gasteiger partial charge on any atom is -0.487 e. The second kappa shape index (κ2) is 13.7. The molecule has 1 aliphatic carbocycles. The molecule has 5 rings (SSSR count). The van der Waals surface area contributed by atoms with Gasteiger partial charge in [0.2, 0.25) is 10.0 Å². The summed E-state index contributed by atoms with van der Waals surface area (Å²) in [5.74, 6) is 0.351. The highest BCUT2D eigenvalue weighted by atomic mass is 35.5. The van der Waals surface area contributed by atoms with E-state index in [1.54, 1.807) is 32.2 Å². The predicted octanol–water partition coefficient (Wildman–Crippen LogP) is 6.04. The first-order chi connectivity index (χ1) is 20.7. The molecule has 43 heavy (non-hydrogen) atoms. The van der Waals surface area contributed by atoms with Crippen LogP contribution in [0.1, 0.15) is 66.9 Å². The number of nitrogens with zero attached hydrogens (tertiary/aromatic N) is 2. The van der Waals surface area contributed by atoms with E-state index in [-0.39, 0.29) is 30.4 Å². The molecule has 0 spiro atoms. The Labute approximate surface area is 260 Å². The van der Waals surface area contributed by atoms with Crippen LogP contribution >= 0.6 is 11.6 Å². The first-order valence-electron chi connectivity index (χ1n) is 15.1. The lowest BCUT2D eigenvalue weighted by molar-refractivity contribution is 0.0133. The van der Waals surface area contributed by atoms with Crippen LogP contribution in [-0.2, 0) is 27.8 Å². The molecule has 0 aromatic heterocycles. The van der Waals surface area contributed by atoms with Gasteiger partial charge in [0.25, 0.3) is 5.91 Å². The molecule has 230 valence electrons. The molecule has 2 aliphatic heterocycles. The molecule has 2 bridgehead atoms. The number of rotatable bonds is 2. The number of aryl methyl sites for hydroxylation is 1. The Morgan fingerprint density at radius 2 is 1.98 bits per heavy atom. The number of sulfonamides is 1. The number of ether oxygens (including phenoxy) is 2. The van der Waals surface area contributed by atoms with Crippen LogP contribution in [0, 0.1) is 29.1 Å². The number of carbonyl (C=O) groups excluding carboxylic acids is 1. The molecule has 0 unspecified atom stereocenters. The fourth-order valence-electron chi connectivity index (χ4n) is 6.47. The Morgan fingerprint density at radius 1 is 1.14 bits per heavy atom. The Kier molecular flexibility index (Phi) is 10.0. The number of allylic oxidation sites excluding steroid dienone is 1. The van der Waals surface area contributed by atoms with Crippen molar-refractivity contribution in [3.05, 3.63) is 70.3 Å². The SMILES string of the molecule is CO[C@H]1/C=C/[C@H](CC#N)C[C@@H](C)S(=O)(=O)NC(=O)c2ccc3c(c2)N(CCCCc2cc(Cl)ccc2CO3)C[C@@H]2CC[C@H]21. The van der Waals surface area contributed by atoms with Crippen LogP contribution in [0.3, 0.4) is 0 Å². The molecule has 5 atom stereocenters. The summed E-state index contributed by atoms with van der Waals surface area (Å²) in [6.45, 7) is 3.45. The van der Waals surface area contributed by atoms with Crippen LogP contribution < -0.4 is 14.4 Å². The van der Waals surface area contributed by atoms with Crippen molar-refractivity contribution in [3.63, 3.8) is 0 Å². The standard InChI is InChI=1S/C33H40ClN3O5S/c1-22-17-23(14-15-35)6-12-31(41-2)29-11-8-26(29)20-37-16-4-3-5-24-18-28(34)10-7-27(24)21-42-32-13-9-25(19-30(32)37)33(38)36-43(22,39)40/h6-7,9-10,12-13,18-19,22-23,26,29,31H,3-5,8,11,14,16-17,20-21H2,1-2H3,(H,36,38)/b12-6+/t22-,23-,26+,29-,31+/m1/s1. The number of carbonyl (C=O) groups is 1. The summed E-state index contributed by atoms with van der Waals surface area (Å²) in [6, 6.07) is 13.2. The van der Waals surface area contributed by atoms with E-state index in [9.17, 15) is 18.5 Å². The predicted molar refractivity (Wildman–Crippen MR) is 168 cm³/mol. The number of benzene rings is 2. The molecular formula is C33H40ClN3O5S. The van der Waals surface area contributed by atoms with E-state index in [1.165, 1.54) is 5.56 Å². The van der Waals surface area contributed by atoms with E-state index in [2.05, 4.69) is 15.7 Å². The number of amides is 1.